The zero-order valence-corrected chi connectivity index (χ0v) is 11.5. The molecule has 2 N–H and O–H groups in total. The second-order valence-electron chi connectivity index (χ2n) is 4.45. The SMILES string of the molecule is Cc1cc(F)ccc1C(=O)Nc1cccc(C#CCO)c1. The van der Waals surface area contributed by atoms with Gasteiger partial charge in [-0.15, -0.1) is 0 Å². The second-order valence-corrected chi connectivity index (χ2v) is 4.45. The lowest BCUT2D eigenvalue weighted by Gasteiger charge is -2.08. The molecule has 2 aromatic rings. The summed E-state index contributed by atoms with van der Waals surface area (Å²) in [5.74, 6) is 4.63. The van der Waals surface area contributed by atoms with Gasteiger partial charge in [-0.1, -0.05) is 17.9 Å². The maximum atomic E-state index is 13.0. The summed E-state index contributed by atoms with van der Waals surface area (Å²) < 4.78 is 13.0. The summed E-state index contributed by atoms with van der Waals surface area (Å²) in [6, 6.07) is 11.0. The van der Waals surface area contributed by atoms with Crippen LogP contribution in [0, 0.1) is 24.6 Å². The van der Waals surface area contributed by atoms with E-state index in [0.717, 1.165) is 0 Å². The molecule has 4 heteroatoms. The normalized spacial score (nSPS) is 9.67. The third-order valence-corrected chi connectivity index (χ3v) is 2.87. The van der Waals surface area contributed by atoms with Crippen molar-refractivity contribution in [3.8, 4) is 11.8 Å². The van der Waals surface area contributed by atoms with E-state index in [2.05, 4.69) is 17.2 Å². The van der Waals surface area contributed by atoms with Gasteiger partial charge < -0.3 is 10.4 Å². The molecule has 2 rings (SSSR count). The van der Waals surface area contributed by atoms with Crippen molar-refractivity contribution in [1.29, 1.82) is 0 Å². The van der Waals surface area contributed by atoms with Crippen molar-refractivity contribution in [3.63, 3.8) is 0 Å². The molecular weight excluding hydrogens is 269 g/mol. The number of carbonyl (C=O) groups is 1. The van der Waals surface area contributed by atoms with Gasteiger partial charge in [0.05, 0.1) is 0 Å². The van der Waals surface area contributed by atoms with Gasteiger partial charge in [0.15, 0.2) is 0 Å². The van der Waals surface area contributed by atoms with Gasteiger partial charge in [0.2, 0.25) is 0 Å². The van der Waals surface area contributed by atoms with E-state index in [0.29, 0.717) is 22.4 Å². The highest BCUT2D eigenvalue weighted by Crippen LogP contribution is 2.15. The zero-order valence-electron chi connectivity index (χ0n) is 11.5. The van der Waals surface area contributed by atoms with Crippen LogP contribution < -0.4 is 5.32 Å². The molecule has 0 bridgehead atoms. The quantitative estimate of drug-likeness (QED) is 0.833. The Kier molecular flexibility index (Phi) is 4.70. The van der Waals surface area contributed by atoms with E-state index in [4.69, 9.17) is 5.11 Å². The largest absolute Gasteiger partial charge is 0.384 e. The Hall–Kier alpha value is -2.64. The summed E-state index contributed by atoms with van der Waals surface area (Å²) >= 11 is 0. The number of amides is 1. The number of nitrogens with one attached hydrogen (secondary N) is 1. The Morgan fingerprint density at radius 2 is 2.10 bits per heavy atom. The Morgan fingerprint density at radius 1 is 1.29 bits per heavy atom. The second kappa shape index (κ2) is 6.69. The zero-order chi connectivity index (χ0) is 15.2. The predicted molar refractivity (Wildman–Crippen MR) is 79.5 cm³/mol. The number of aliphatic hydroxyl groups is 1. The first-order valence-electron chi connectivity index (χ1n) is 6.37. The average molecular weight is 283 g/mol. The molecule has 2 aromatic carbocycles. The number of carbonyl (C=O) groups excluding carboxylic acids is 1. The summed E-state index contributed by atoms with van der Waals surface area (Å²) in [6.45, 7) is 1.46. The van der Waals surface area contributed by atoms with Crippen molar-refractivity contribution in [3.05, 3.63) is 65.0 Å². The molecule has 0 aliphatic heterocycles. The van der Waals surface area contributed by atoms with Crippen molar-refractivity contribution in [2.45, 2.75) is 6.92 Å². The van der Waals surface area contributed by atoms with E-state index < -0.39 is 0 Å². The Balaban J connectivity index is 2.19. The van der Waals surface area contributed by atoms with Crippen LogP contribution >= 0.6 is 0 Å². The number of aryl methyl sites for hydroxylation is 1. The van der Waals surface area contributed by atoms with Crippen molar-refractivity contribution in [2.75, 3.05) is 11.9 Å². The van der Waals surface area contributed by atoms with Gasteiger partial charge in [0, 0.05) is 16.8 Å². The highest BCUT2D eigenvalue weighted by molar-refractivity contribution is 6.05. The molecule has 21 heavy (non-hydrogen) atoms. The lowest BCUT2D eigenvalue weighted by atomic mass is 10.1. The molecule has 0 aromatic heterocycles. The summed E-state index contributed by atoms with van der Waals surface area (Å²) in [6.07, 6.45) is 0. The maximum absolute atomic E-state index is 13.0. The van der Waals surface area contributed by atoms with Gasteiger partial charge in [0.25, 0.3) is 5.91 Å². The van der Waals surface area contributed by atoms with Crippen LogP contribution in [-0.4, -0.2) is 17.6 Å². The summed E-state index contributed by atoms with van der Waals surface area (Å²) in [5.41, 5.74) is 2.28. The van der Waals surface area contributed by atoms with E-state index in [1.165, 1.54) is 18.2 Å². The molecule has 106 valence electrons. The minimum Gasteiger partial charge on any atom is -0.384 e. The molecule has 0 aliphatic carbocycles. The van der Waals surface area contributed by atoms with E-state index in [9.17, 15) is 9.18 Å². The summed E-state index contributed by atoms with van der Waals surface area (Å²) in [5, 5.41) is 11.4. The number of rotatable bonds is 2. The van der Waals surface area contributed by atoms with Gasteiger partial charge in [-0.3, -0.25) is 4.79 Å². The van der Waals surface area contributed by atoms with Gasteiger partial charge in [-0.25, -0.2) is 4.39 Å². The molecule has 0 saturated heterocycles. The number of aliphatic hydroxyl groups excluding tert-OH is 1. The molecule has 0 saturated carbocycles. The van der Waals surface area contributed by atoms with Crippen LogP contribution in [0.4, 0.5) is 10.1 Å². The minimum atomic E-state index is -0.370. The topological polar surface area (TPSA) is 49.3 Å². The lowest BCUT2D eigenvalue weighted by Crippen LogP contribution is -2.13. The summed E-state index contributed by atoms with van der Waals surface area (Å²) in [4.78, 5) is 12.2. The van der Waals surface area contributed by atoms with Gasteiger partial charge >= 0.3 is 0 Å². The molecule has 0 spiro atoms. The molecule has 0 fully saturated rings. The van der Waals surface area contributed by atoms with E-state index in [1.807, 2.05) is 0 Å². The maximum Gasteiger partial charge on any atom is 0.255 e. The van der Waals surface area contributed by atoms with E-state index in [1.54, 1.807) is 31.2 Å². The van der Waals surface area contributed by atoms with Gasteiger partial charge in [-0.05, 0) is 48.9 Å². The monoisotopic (exact) mass is 283 g/mol. The fourth-order valence-electron chi connectivity index (χ4n) is 1.90. The van der Waals surface area contributed by atoms with Crippen molar-refractivity contribution < 1.29 is 14.3 Å². The molecule has 0 radical (unpaired) electrons. The number of hydrogen-bond acceptors (Lipinski definition) is 2. The number of hydrogen-bond donors (Lipinski definition) is 2. The van der Waals surface area contributed by atoms with Gasteiger partial charge in [-0.2, -0.15) is 0 Å². The summed E-state index contributed by atoms with van der Waals surface area (Å²) in [7, 11) is 0. The van der Waals surface area contributed by atoms with Gasteiger partial charge in [0.1, 0.15) is 12.4 Å². The van der Waals surface area contributed by atoms with Crippen LogP contribution in [0.25, 0.3) is 0 Å². The first-order valence-corrected chi connectivity index (χ1v) is 6.37. The van der Waals surface area contributed by atoms with Crippen LogP contribution in [0.15, 0.2) is 42.5 Å². The minimum absolute atomic E-state index is 0.217. The average Bonchev–Trinajstić information content (AvgIpc) is 2.45. The molecule has 0 aliphatic rings. The van der Waals surface area contributed by atoms with Crippen LogP contribution in [0.2, 0.25) is 0 Å². The molecule has 1 amide bonds. The molecular formula is C17H14FNO2. The fraction of sp³-hybridized carbons (Fsp3) is 0.118. The van der Waals surface area contributed by atoms with Crippen molar-refractivity contribution in [2.24, 2.45) is 0 Å². The predicted octanol–water partition coefficient (Wildman–Crippen LogP) is 2.73. The van der Waals surface area contributed by atoms with Crippen molar-refractivity contribution >= 4 is 11.6 Å². The first-order chi connectivity index (χ1) is 10.1. The molecule has 3 nitrogen and oxygen atoms in total. The molecule has 0 heterocycles. The first kappa shape index (κ1) is 14.8. The van der Waals surface area contributed by atoms with E-state index in [-0.39, 0.29) is 18.3 Å². The van der Waals surface area contributed by atoms with Crippen molar-refractivity contribution in [1.82, 2.24) is 0 Å². The number of anilines is 1. The molecule has 0 atom stereocenters. The number of halogens is 1. The lowest BCUT2D eigenvalue weighted by molar-refractivity contribution is 0.102. The molecule has 0 unspecified atom stereocenters. The van der Waals surface area contributed by atoms with Crippen LogP contribution in [-0.2, 0) is 0 Å². The Labute approximate surface area is 122 Å². The third kappa shape index (κ3) is 3.91. The Bertz CT molecular complexity index is 729. The van der Waals surface area contributed by atoms with Crippen LogP contribution in [0.3, 0.4) is 0 Å². The highest BCUT2D eigenvalue weighted by Gasteiger charge is 2.10. The smallest absolute Gasteiger partial charge is 0.255 e. The van der Waals surface area contributed by atoms with Crippen LogP contribution in [0.1, 0.15) is 21.5 Å². The third-order valence-electron chi connectivity index (χ3n) is 2.87. The highest BCUT2D eigenvalue weighted by atomic mass is 19.1. The number of benzene rings is 2. The Morgan fingerprint density at radius 3 is 2.81 bits per heavy atom. The van der Waals surface area contributed by atoms with E-state index >= 15 is 0 Å². The fourth-order valence-corrected chi connectivity index (χ4v) is 1.90. The standard InChI is InChI=1S/C17H14FNO2/c1-12-10-14(18)7-8-16(12)17(21)19-15-6-2-4-13(11-15)5-3-9-20/h2,4,6-8,10-11,20H,9H2,1H3,(H,19,21). The van der Waals surface area contributed by atoms with Crippen LogP contribution in [0.5, 0.6) is 0 Å².